The first-order chi connectivity index (χ1) is 17.7. The number of hydrogen-bond donors (Lipinski definition) is 0. The van der Waals surface area contributed by atoms with Crippen LogP contribution in [0.1, 0.15) is 11.1 Å². The summed E-state index contributed by atoms with van der Waals surface area (Å²) in [5.41, 5.74) is 0.260. The second-order valence-electron chi connectivity index (χ2n) is 8.10. The minimum Gasteiger partial charge on any atom is -0.489 e. The predicted molar refractivity (Wildman–Crippen MR) is 125 cm³/mol. The van der Waals surface area contributed by atoms with Crippen molar-refractivity contribution < 1.29 is 40.2 Å². The van der Waals surface area contributed by atoms with Crippen LogP contribution in [-0.2, 0) is 12.8 Å². The van der Waals surface area contributed by atoms with Crippen LogP contribution in [0.2, 0.25) is 0 Å². The van der Waals surface area contributed by atoms with Gasteiger partial charge in [0.05, 0.1) is 5.56 Å². The number of rotatable bonds is 9. The fraction of sp³-hybridized carbons (Fsp3) is 0.143. The molecule has 0 saturated heterocycles. The smallest absolute Gasteiger partial charge is 0.387 e. The number of benzene rings is 4. The monoisotopic (exact) mass is 520 g/mol. The van der Waals surface area contributed by atoms with Gasteiger partial charge in [0.15, 0.2) is 17.4 Å². The summed E-state index contributed by atoms with van der Waals surface area (Å²) >= 11 is 0. The molecular formula is C28H19F7O2. The number of ether oxygens (including phenoxy) is 2. The minimum absolute atomic E-state index is 0.00563. The molecule has 192 valence electrons. The molecule has 2 nitrogen and oxygen atoms in total. The first kappa shape index (κ1) is 26.1. The van der Waals surface area contributed by atoms with E-state index < -0.39 is 41.4 Å². The highest BCUT2D eigenvalue weighted by Gasteiger charge is 2.18. The predicted octanol–water partition coefficient (Wildman–Crippen LogP) is 8.15. The van der Waals surface area contributed by atoms with Gasteiger partial charge in [-0.2, -0.15) is 8.78 Å². The number of halogens is 7. The normalized spacial score (nSPS) is 11.2. The third-order valence-corrected chi connectivity index (χ3v) is 5.65. The van der Waals surface area contributed by atoms with E-state index in [1.807, 2.05) is 0 Å². The first-order valence-corrected chi connectivity index (χ1v) is 11.0. The molecule has 0 aliphatic rings. The molecule has 0 amide bonds. The molecule has 0 saturated carbocycles. The highest BCUT2D eigenvalue weighted by molar-refractivity contribution is 5.88. The molecule has 4 aromatic carbocycles. The lowest BCUT2D eigenvalue weighted by Crippen LogP contribution is -2.06. The Morgan fingerprint density at radius 1 is 0.784 bits per heavy atom. The van der Waals surface area contributed by atoms with E-state index >= 15 is 4.39 Å². The van der Waals surface area contributed by atoms with Crippen molar-refractivity contribution in [1.29, 1.82) is 0 Å². The summed E-state index contributed by atoms with van der Waals surface area (Å²) in [4.78, 5) is 0. The van der Waals surface area contributed by atoms with Crippen LogP contribution in [-0.4, -0.2) is 13.2 Å². The Morgan fingerprint density at radius 2 is 1.46 bits per heavy atom. The number of hydrogen-bond acceptors (Lipinski definition) is 2. The van der Waals surface area contributed by atoms with E-state index in [1.165, 1.54) is 30.3 Å². The van der Waals surface area contributed by atoms with Crippen LogP contribution in [0.5, 0.6) is 11.5 Å². The third-order valence-electron chi connectivity index (χ3n) is 5.65. The Bertz CT molecular complexity index is 1420. The van der Waals surface area contributed by atoms with Gasteiger partial charge in [0.1, 0.15) is 29.8 Å². The van der Waals surface area contributed by atoms with Crippen LogP contribution in [0.15, 0.2) is 67.3 Å². The van der Waals surface area contributed by atoms with Gasteiger partial charge in [0, 0.05) is 17.5 Å². The molecule has 37 heavy (non-hydrogen) atoms. The highest BCUT2D eigenvalue weighted by atomic mass is 19.3. The molecule has 0 fully saturated rings. The van der Waals surface area contributed by atoms with Gasteiger partial charge in [0.25, 0.3) is 0 Å². The molecule has 0 aliphatic carbocycles. The molecule has 0 heterocycles. The lowest BCUT2D eigenvalue weighted by Gasteiger charge is -2.12. The molecule has 0 bridgehead atoms. The van der Waals surface area contributed by atoms with Crippen molar-refractivity contribution in [3.05, 3.63) is 107 Å². The Morgan fingerprint density at radius 3 is 2.08 bits per heavy atom. The zero-order valence-electron chi connectivity index (χ0n) is 19.1. The van der Waals surface area contributed by atoms with E-state index in [1.54, 1.807) is 6.07 Å². The van der Waals surface area contributed by atoms with Crippen LogP contribution in [0.4, 0.5) is 30.7 Å². The Labute approximate surface area is 207 Å². The zero-order chi connectivity index (χ0) is 26.7. The molecular weight excluding hydrogens is 501 g/mol. The van der Waals surface area contributed by atoms with Crippen LogP contribution in [0, 0.1) is 29.1 Å². The molecule has 0 unspecified atom stereocenters. The Kier molecular flexibility index (Phi) is 7.71. The quantitative estimate of drug-likeness (QED) is 0.164. The minimum atomic E-state index is -3.38. The van der Waals surface area contributed by atoms with E-state index in [0.29, 0.717) is 5.39 Å². The Balaban J connectivity index is 1.57. The van der Waals surface area contributed by atoms with Gasteiger partial charge < -0.3 is 9.47 Å². The summed E-state index contributed by atoms with van der Waals surface area (Å²) in [6.07, 6.45) is 1.50. The van der Waals surface area contributed by atoms with Crippen molar-refractivity contribution in [2.24, 2.45) is 0 Å². The average molecular weight is 520 g/mol. The number of alkyl halides is 2. The first-order valence-electron chi connectivity index (χ1n) is 11.0. The van der Waals surface area contributed by atoms with Crippen molar-refractivity contribution in [3.63, 3.8) is 0 Å². The van der Waals surface area contributed by atoms with Crippen molar-refractivity contribution >= 4 is 10.8 Å². The van der Waals surface area contributed by atoms with Gasteiger partial charge >= 0.3 is 6.61 Å². The van der Waals surface area contributed by atoms with E-state index in [0.717, 1.165) is 24.3 Å². The summed E-state index contributed by atoms with van der Waals surface area (Å²) in [7, 11) is 0. The van der Waals surface area contributed by atoms with E-state index in [2.05, 4.69) is 11.3 Å². The SMILES string of the molecule is C=CCOc1cc(F)c(-c2ccc3c(F)c(CCc4cc(F)c(OC(F)F)c(F)c4)ccc3c2)c(F)c1. The van der Waals surface area contributed by atoms with Crippen LogP contribution in [0.3, 0.4) is 0 Å². The topological polar surface area (TPSA) is 18.5 Å². The van der Waals surface area contributed by atoms with Crippen molar-refractivity contribution in [2.45, 2.75) is 19.5 Å². The summed E-state index contributed by atoms with van der Waals surface area (Å²) in [6, 6.07) is 11.0. The maximum absolute atomic E-state index is 15.2. The van der Waals surface area contributed by atoms with Gasteiger partial charge in [0.2, 0.25) is 0 Å². The van der Waals surface area contributed by atoms with Gasteiger partial charge in [-0.05, 0) is 53.1 Å². The maximum atomic E-state index is 15.2. The molecule has 0 spiro atoms. The highest BCUT2D eigenvalue weighted by Crippen LogP contribution is 2.33. The fourth-order valence-corrected chi connectivity index (χ4v) is 3.99. The van der Waals surface area contributed by atoms with Gasteiger partial charge in [-0.25, -0.2) is 22.0 Å². The zero-order valence-corrected chi connectivity index (χ0v) is 19.1. The fourth-order valence-electron chi connectivity index (χ4n) is 3.99. The Hall–Kier alpha value is -4.01. The summed E-state index contributed by atoms with van der Waals surface area (Å²) < 4.78 is 106. The van der Waals surface area contributed by atoms with E-state index in [9.17, 15) is 26.3 Å². The second kappa shape index (κ2) is 10.9. The van der Waals surface area contributed by atoms with E-state index in [4.69, 9.17) is 4.74 Å². The standard InChI is InChI=1S/C28H19F7O2/c1-2-9-36-19-13-21(29)25(22(30)14-19)18-7-8-20-17(12-18)6-5-16(26(20)33)4-3-15-10-23(31)27(24(32)11-15)37-28(34)35/h2,5-8,10-14,28H,1,3-4,9H2. The molecule has 4 rings (SSSR count). The molecule has 0 atom stereocenters. The molecule has 0 aromatic heterocycles. The lowest BCUT2D eigenvalue weighted by molar-refractivity contribution is -0.0546. The summed E-state index contributed by atoms with van der Waals surface area (Å²) in [5, 5.41) is 0.571. The largest absolute Gasteiger partial charge is 0.489 e. The van der Waals surface area contributed by atoms with E-state index in [-0.39, 0.29) is 52.8 Å². The van der Waals surface area contributed by atoms with Crippen molar-refractivity contribution in [2.75, 3.05) is 6.61 Å². The van der Waals surface area contributed by atoms with Crippen LogP contribution >= 0.6 is 0 Å². The molecule has 0 aliphatic heterocycles. The van der Waals surface area contributed by atoms with Crippen LogP contribution < -0.4 is 9.47 Å². The van der Waals surface area contributed by atoms with Crippen LogP contribution in [0.25, 0.3) is 21.9 Å². The van der Waals surface area contributed by atoms with Crippen molar-refractivity contribution in [1.82, 2.24) is 0 Å². The molecule has 9 heteroatoms. The number of fused-ring (bicyclic) bond motifs is 1. The second-order valence-corrected chi connectivity index (χ2v) is 8.10. The molecule has 4 aromatic rings. The maximum Gasteiger partial charge on any atom is 0.387 e. The molecule has 0 N–H and O–H groups in total. The molecule has 0 radical (unpaired) electrons. The summed E-state index contributed by atoms with van der Waals surface area (Å²) in [6.45, 7) is 0.171. The lowest BCUT2D eigenvalue weighted by atomic mass is 9.96. The number of aryl methyl sites for hydroxylation is 2. The van der Waals surface area contributed by atoms with Gasteiger partial charge in [-0.1, -0.05) is 36.9 Å². The summed E-state index contributed by atoms with van der Waals surface area (Å²) in [5.74, 6) is -6.05. The third kappa shape index (κ3) is 5.71. The average Bonchev–Trinajstić information content (AvgIpc) is 2.84. The van der Waals surface area contributed by atoms with Crippen molar-refractivity contribution in [3.8, 4) is 22.6 Å². The van der Waals surface area contributed by atoms with Gasteiger partial charge in [-0.15, -0.1) is 0 Å². The van der Waals surface area contributed by atoms with Gasteiger partial charge in [-0.3, -0.25) is 0 Å².